The van der Waals surface area contributed by atoms with E-state index in [0.29, 0.717) is 10.0 Å². The molecule has 1 heterocycles. The molecule has 0 spiro atoms. The number of hydrogen-bond acceptors (Lipinski definition) is 3. The Morgan fingerprint density at radius 1 is 1.69 bits per heavy atom. The van der Waals surface area contributed by atoms with Gasteiger partial charge in [0.1, 0.15) is 0 Å². The maximum absolute atomic E-state index is 11.6. The number of aromatic nitrogens is 1. The summed E-state index contributed by atoms with van der Waals surface area (Å²) in [6.45, 7) is 1.76. The molecule has 2 N–H and O–H groups in total. The first-order valence-corrected chi connectivity index (χ1v) is 5.53. The van der Waals surface area contributed by atoms with Crippen molar-refractivity contribution in [1.82, 2.24) is 9.88 Å². The van der Waals surface area contributed by atoms with E-state index in [1.165, 1.54) is 16.8 Å². The van der Waals surface area contributed by atoms with Crippen LogP contribution in [0.1, 0.15) is 17.3 Å². The molecule has 0 unspecified atom stereocenters. The summed E-state index contributed by atoms with van der Waals surface area (Å²) in [7, 11) is 1.57. The quantitative estimate of drug-likeness (QED) is 0.838. The number of carbonyl (C=O) groups excluding carboxylic acids is 1. The molecule has 1 amide bonds. The molecule has 0 fully saturated rings. The van der Waals surface area contributed by atoms with Gasteiger partial charge in [-0.3, -0.25) is 9.59 Å². The number of nitrogens with zero attached hydrogens (tertiary/aromatic N) is 1. The topological polar surface area (TPSA) is 71.3 Å². The van der Waals surface area contributed by atoms with Crippen molar-refractivity contribution in [2.24, 2.45) is 7.05 Å². The van der Waals surface area contributed by atoms with Crippen LogP contribution in [0, 0.1) is 0 Å². The highest BCUT2D eigenvalue weighted by molar-refractivity contribution is 9.10. The molecule has 0 aliphatic rings. The number of amides is 1. The highest BCUT2D eigenvalue weighted by Gasteiger charge is 2.09. The third kappa shape index (κ3) is 3.18. The van der Waals surface area contributed by atoms with Gasteiger partial charge in [-0.25, -0.2) is 0 Å². The lowest BCUT2D eigenvalue weighted by Gasteiger charge is -2.08. The fourth-order valence-corrected chi connectivity index (χ4v) is 1.66. The Balaban J connectivity index is 2.89. The van der Waals surface area contributed by atoms with Crippen LogP contribution in [0.3, 0.4) is 0 Å². The van der Waals surface area contributed by atoms with Gasteiger partial charge in [0, 0.05) is 19.8 Å². The average molecular weight is 289 g/mol. The van der Waals surface area contributed by atoms with Gasteiger partial charge in [0.25, 0.3) is 11.5 Å². The number of nitrogens with one attached hydrogen (secondary N) is 1. The van der Waals surface area contributed by atoms with E-state index in [9.17, 15) is 9.59 Å². The summed E-state index contributed by atoms with van der Waals surface area (Å²) < 4.78 is 1.65. The van der Waals surface area contributed by atoms with Gasteiger partial charge in [0.15, 0.2) is 0 Å². The zero-order valence-electron chi connectivity index (χ0n) is 9.03. The highest BCUT2D eigenvalue weighted by Crippen LogP contribution is 2.06. The third-order valence-corrected chi connectivity index (χ3v) is 2.53. The second-order valence-electron chi connectivity index (χ2n) is 3.55. The zero-order valence-corrected chi connectivity index (χ0v) is 10.6. The molecule has 0 saturated heterocycles. The third-order valence-electron chi connectivity index (χ3n) is 1.96. The number of halogens is 1. The molecule has 0 aliphatic heterocycles. The van der Waals surface area contributed by atoms with Crippen LogP contribution < -0.4 is 10.9 Å². The minimum absolute atomic E-state index is 0.180. The van der Waals surface area contributed by atoms with E-state index in [1.54, 1.807) is 14.0 Å². The Bertz CT molecular complexity index is 428. The normalized spacial score (nSPS) is 12.2. The van der Waals surface area contributed by atoms with E-state index >= 15 is 0 Å². The summed E-state index contributed by atoms with van der Waals surface area (Å²) in [5, 5.41) is 11.6. The molecule has 5 nitrogen and oxygen atoms in total. The van der Waals surface area contributed by atoms with Gasteiger partial charge >= 0.3 is 0 Å². The fourth-order valence-electron chi connectivity index (χ4n) is 1.14. The van der Waals surface area contributed by atoms with Gasteiger partial charge in [-0.1, -0.05) is 0 Å². The molecule has 1 rings (SSSR count). The average Bonchev–Trinajstić information content (AvgIpc) is 2.21. The van der Waals surface area contributed by atoms with Crippen molar-refractivity contribution < 1.29 is 9.90 Å². The fraction of sp³-hybridized carbons (Fsp3) is 0.400. The first kappa shape index (κ1) is 12.9. The summed E-state index contributed by atoms with van der Waals surface area (Å²) in [6.07, 6.45) is 0.852. The second-order valence-corrected chi connectivity index (χ2v) is 4.41. The SMILES string of the molecule is C[C@H](O)CNC(=O)c1cc(Br)c(=O)n(C)c1. The first-order valence-electron chi connectivity index (χ1n) is 4.74. The molecule has 0 bridgehead atoms. The van der Waals surface area contributed by atoms with Crippen LogP contribution in [0.2, 0.25) is 0 Å². The minimum Gasteiger partial charge on any atom is -0.392 e. The van der Waals surface area contributed by atoms with E-state index in [-0.39, 0.29) is 18.0 Å². The number of aryl methyl sites for hydroxylation is 1. The van der Waals surface area contributed by atoms with Crippen molar-refractivity contribution in [2.75, 3.05) is 6.54 Å². The molecule has 16 heavy (non-hydrogen) atoms. The minimum atomic E-state index is -0.597. The summed E-state index contributed by atoms with van der Waals surface area (Å²) in [4.78, 5) is 23.0. The van der Waals surface area contributed by atoms with E-state index in [0.717, 1.165) is 0 Å². The van der Waals surface area contributed by atoms with Gasteiger partial charge in [-0.15, -0.1) is 0 Å². The monoisotopic (exact) mass is 288 g/mol. The number of aliphatic hydroxyl groups is 1. The predicted molar refractivity (Wildman–Crippen MR) is 63.4 cm³/mol. The molecule has 1 aromatic rings. The summed E-state index contributed by atoms with van der Waals surface area (Å²) >= 11 is 3.08. The Hall–Kier alpha value is -1.14. The van der Waals surface area contributed by atoms with E-state index in [4.69, 9.17) is 5.11 Å². The van der Waals surface area contributed by atoms with Crippen LogP contribution >= 0.6 is 15.9 Å². The standard InChI is InChI=1S/C10H13BrN2O3/c1-6(14)4-12-9(15)7-3-8(11)10(16)13(2)5-7/h3,5-6,14H,4H2,1-2H3,(H,12,15)/t6-/m0/s1. The van der Waals surface area contributed by atoms with Gasteiger partial charge < -0.3 is 15.0 Å². The molecular weight excluding hydrogens is 276 g/mol. The summed E-state index contributed by atoms with van der Waals surface area (Å²) in [5.74, 6) is -0.322. The van der Waals surface area contributed by atoms with Crippen molar-refractivity contribution in [3.63, 3.8) is 0 Å². The molecular formula is C10H13BrN2O3. The summed E-state index contributed by atoms with van der Waals surface area (Å²) in [6, 6.07) is 1.46. The Labute approximate surface area is 101 Å². The van der Waals surface area contributed by atoms with Crippen LogP contribution in [0.4, 0.5) is 0 Å². The van der Waals surface area contributed by atoms with E-state index in [2.05, 4.69) is 21.2 Å². The summed E-state index contributed by atoms with van der Waals surface area (Å²) in [5.41, 5.74) is 0.168. The Morgan fingerprint density at radius 3 is 2.81 bits per heavy atom. The molecule has 1 atom stereocenters. The van der Waals surface area contributed by atoms with Crippen LogP contribution in [0.5, 0.6) is 0 Å². The lowest BCUT2D eigenvalue weighted by Crippen LogP contribution is -2.31. The molecule has 88 valence electrons. The second kappa shape index (κ2) is 5.27. The van der Waals surface area contributed by atoms with Crippen LogP contribution in [-0.2, 0) is 7.05 Å². The predicted octanol–water partition coefficient (Wildman–Crippen LogP) is 0.258. The molecule has 0 aliphatic carbocycles. The zero-order chi connectivity index (χ0) is 12.3. The van der Waals surface area contributed by atoms with Crippen molar-refractivity contribution in [3.8, 4) is 0 Å². The Morgan fingerprint density at radius 2 is 2.31 bits per heavy atom. The smallest absolute Gasteiger partial charge is 0.264 e. The number of hydrogen-bond donors (Lipinski definition) is 2. The van der Waals surface area contributed by atoms with Crippen LogP contribution in [0.15, 0.2) is 21.5 Å². The number of carbonyl (C=O) groups is 1. The van der Waals surface area contributed by atoms with E-state index in [1.807, 2.05) is 0 Å². The maximum Gasteiger partial charge on any atom is 0.264 e. The number of pyridine rings is 1. The van der Waals surface area contributed by atoms with Gasteiger partial charge in [-0.05, 0) is 28.9 Å². The van der Waals surface area contributed by atoms with Crippen LogP contribution in [-0.4, -0.2) is 28.2 Å². The maximum atomic E-state index is 11.6. The molecule has 0 saturated carbocycles. The van der Waals surface area contributed by atoms with Crippen LogP contribution in [0.25, 0.3) is 0 Å². The largest absolute Gasteiger partial charge is 0.392 e. The lowest BCUT2D eigenvalue weighted by molar-refractivity contribution is 0.0923. The van der Waals surface area contributed by atoms with E-state index < -0.39 is 6.10 Å². The first-order chi connectivity index (χ1) is 7.41. The number of aliphatic hydroxyl groups excluding tert-OH is 1. The van der Waals surface area contributed by atoms with Gasteiger partial charge in [-0.2, -0.15) is 0 Å². The van der Waals surface area contributed by atoms with Crippen molar-refractivity contribution in [3.05, 3.63) is 32.7 Å². The van der Waals surface area contributed by atoms with Gasteiger partial charge in [0.2, 0.25) is 0 Å². The molecule has 1 aromatic heterocycles. The molecule has 6 heteroatoms. The molecule has 0 radical (unpaired) electrons. The highest BCUT2D eigenvalue weighted by atomic mass is 79.9. The Kier molecular flexibility index (Phi) is 4.26. The van der Waals surface area contributed by atoms with Crippen molar-refractivity contribution in [2.45, 2.75) is 13.0 Å². The number of rotatable bonds is 3. The van der Waals surface area contributed by atoms with Crippen molar-refractivity contribution in [1.29, 1.82) is 0 Å². The lowest BCUT2D eigenvalue weighted by atomic mass is 10.2. The molecule has 0 aromatic carbocycles. The van der Waals surface area contributed by atoms with Gasteiger partial charge in [0.05, 0.1) is 16.1 Å². The van der Waals surface area contributed by atoms with Crippen molar-refractivity contribution >= 4 is 21.8 Å².